The van der Waals surface area contributed by atoms with Crippen LogP contribution in [0.2, 0.25) is 0 Å². The van der Waals surface area contributed by atoms with Crippen LogP contribution >= 0.6 is 0 Å². The first-order chi connectivity index (χ1) is 13.0. The van der Waals surface area contributed by atoms with Gasteiger partial charge in [0.2, 0.25) is 0 Å². The van der Waals surface area contributed by atoms with Gasteiger partial charge in [-0.05, 0) is 12.3 Å². The highest BCUT2D eigenvalue weighted by atomic mass is 16.4. The number of hydrogen-bond donors (Lipinski definition) is 2. The molecule has 0 saturated heterocycles. The van der Waals surface area contributed by atoms with Gasteiger partial charge in [-0.25, -0.2) is 0 Å². The van der Waals surface area contributed by atoms with Crippen LogP contribution in [0.5, 0.6) is 0 Å². The third-order valence-corrected chi connectivity index (χ3v) is 5.51. The van der Waals surface area contributed by atoms with E-state index in [1.807, 2.05) is 6.92 Å². The Hall–Kier alpha value is -1.06. The summed E-state index contributed by atoms with van der Waals surface area (Å²) in [5.74, 6) is -2.47. The van der Waals surface area contributed by atoms with Gasteiger partial charge in [0.15, 0.2) is 0 Å². The first-order valence-corrected chi connectivity index (χ1v) is 11.4. The Kier molecular flexibility index (Phi) is 17.6. The van der Waals surface area contributed by atoms with Crippen molar-refractivity contribution in [1.29, 1.82) is 0 Å². The summed E-state index contributed by atoms with van der Waals surface area (Å²) in [6, 6.07) is 0. The summed E-state index contributed by atoms with van der Waals surface area (Å²) in [5, 5.41) is 17.9. The number of rotatable bonds is 20. The summed E-state index contributed by atoms with van der Waals surface area (Å²) < 4.78 is 0. The zero-order valence-electron chi connectivity index (χ0n) is 17.9. The van der Waals surface area contributed by atoms with Crippen LogP contribution in [0.1, 0.15) is 123 Å². The molecule has 0 aromatic carbocycles. The van der Waals surface area contributed by atoms with E-state index in [0.717, 1.165) is 12.8 Å². The molecule has 0 bridgehead atoms. The number of aliphatic carboxylic acids is 2. The Labute approximate surface area is 167 Å². The van der Waals surface area contributed by atoms with Crippen molar-refractivity contribution in [3.8, 4) is 0 Å². The molecule has 160 valence electrons. The average Bonchev–Trinajstić information content (AvgIpc) is 2.61. The lowest BCUT2D eigenvalue weighted by atomic mass is 9.89. The molecule has 0 aliphatic carbocycles. The largest absolute Gasteiger partial charge is 0.481 e. The van der Waals surface area contributed by atoms with Gasteiger partial charge in [-0.2, -0.15) is 0 Å². The molecule has 2 N–H and O–H groups in total. The number of carboxylic acids is 2. The second kappa shape index (κ2) is 18.3. The molecule has 0 rings (SSSR count). The highest BCUT2D eigenvalue weighted by Crippen LogP contribution is 2.22. The van der Waals surface area contributed by atoms with Gasteiger partial charge < -0.3 is 10.2 Å². The van der Waals surface area contributed by atoms with Crippen LogP contribution in [-0.2, 0) is 9.59 Å². The fourth-order valence-electron chi connectivity index (χ4n) is 3.77. The van der Waals surface area contributed by atoms with E-state index in [9.17, 15) is 9.59 Å². The molecule has 0 aromatic heterocycles. The molecule has 0 aliphatic rings. The first kappa shape index (κ1) is 25.9. The lowest BCUT2D eigenvalue weighted by Crippen LogP contribution is -2.20. The fourth-order valence-corrected chi connectivity index (χ4v) is 3.77. The van der Waals surface area contributed by atoms with Crippen molar-refractivity contribution >= 4 is 11.9 Å². The Morgan fingerprint density at radius 3 is 1.48 bits per heavy atom. The molecule has 0 spiro atoms. The Morgan fingerprint density at radius 2 is 1.11 bits per heavy atom. The monoisotopic (exact) mass is 384 g/mol. The lowest BCUT2D eigenvalue weighted by molar-refractivity contribution is -0.148. The van der Waals surface area contributed by atoms with Crippen LogP contribution in [0.15, 0.2) is 0 Å². The maximum atomic E-state index is 11.1. The van der Waals surface area contributed by atoms with Gasteiger partial charge in [0.05, 0.1) is 12.3 Å². The Balaban J connectivity index is 3.43. The minimum Gasteiger partial charge on any atom is -0.481 e. The molecule has 0 fully saturated rings. The molecule has 4 nitrogen and oxygen atoms in total. The van der Waals surface area contributed by atoms with Crippen molar-refractivity contribution in [3.05, 3.63) is 0 Å². The fraction of sp³-hybridized carbons (Fsp3) is 0.913. The summed E-state index contributed by atoms with van der Waals surface area (Å²) in [5.41, 5.74) is 0. The van der Waals surface area contributed by atoms with Gasteiger partial charge in [0.1, 0.15) is 0 Å². The zero-order valence-corrected chi connectivity index (χ0v) is 17.9. The molecule has 0 amide bonds. The highest BCUT2D eigenvalue weighted by Gasteiger charge is 2.23. The first-order valence-electron chi connectivity index (χ1n) is 11.4. The molecule has 0 saturated carbocycles. The van der Waals surface area contributed by atoms with E-state index in [4.69, 9.17) is 10.2 Å². The van der Waals surface area contributed by atoms with Crippen LogP contribution in [0, 0.1) is 11.8 Å². The molecule has 2 unspecified atom stereocenters. The summed E-state index contributed by atoms with van der Waals surface area (Å²) in [6.45, 7) is 4.30. The van der Waals surface area contributed by atoms with Crippen molar-refractivity contribution in [2.45, 2.75) is 123 Å². The molecule has 0 aliphatic heterocycles. The van der Waals surface area contributed by atoms with E-state index in [1.54, 1.807) is 0 Å². The van der Waals surface area contributed by atoms with E-state index in [-0.39, 0.29) is 12.3 Å². The van der Waals surface area contributed by atoms with Crippen LogP contribution in [0.4, 0.5) is 0 Å². The summed E-state index contributed by atoms with van der Waals surface area (Å²) in [4.78, 5) is 21.8. The van der Waals surface area contributed by atoms with Crippen molar-refractivity contribution < 1.29 is 19.8 Å². The third-order valence-electron chi connectivity index (χ3n) is 5.51. The van der Waals surface area contributed by atoms with Crippen molar-refractivity contribution in [2.24, 2.45) is 11.8 Å². The van der Waals surface area contributed by atoms with E-state index >= 15 is 0 Å². The lowest BCUT2D eigenvalue weighted by Gasteiger charge is -2.16. The Morgan fingerprint density at radius 1 is 0.704 bits per heavy atom. The van der Waals surface area contributed by atoms with Crippen molar-refractivity contribution in [3.63, 3.8) is 0 Å². The van der Waals surface area contributed by atoms with E-state index in [2.05, 4.69) is 6.92 Å². The maximum absolute atomic E-state index is 11.1. The van der Waals surface area contributed by atoms with Gasteiger partial charge in [0, 0.05) is 0 Å². The standard InChI is InChI=1S/C23H44O4/c1-3-4-5-6-7-8-9-10-11-12-13-14-15-16-17-20(2)18-21(23(26)27)19-22(24)25/h20-21H,3-19H2,1-2H3,(H,24,25)(H,26,27). The van der Waals surface area contributed by atoms with Gasteiger partial charge in [-0.1, -0.05) is 110 Å². The molecule has 4 heteroatoms. The summed E-state index contributed by atoms with van der Waals surface area (Å²) in [6.07, 6.45) is 19.9. The zero-order chi connectivity index (χ0) is 20.3. The minimum atomic E-state index is -1.02. The minimum absolute atomic E-state index is 0.265. The smallest absolute Gasteiger partial charge is 0.307 e. The second-order valence-corrected chi connectivity index (χ2v) is 8.36. The Bertz CT molecular complexity index is 367. The van der Waals surface area contributed by atoms with Crippen LogP contribution in [0.3, 0.4) is 0 Å². The van der Waals surface area contributed by atoms with Gasteiger partial charge in [-0.15, -0.1) is 0 Å². The molecule has 0 aromatic rings. The van der Waals surface area contributed by atoms with E-state index in [0.29, 0.717) is 6.42 Å². The van der Waals surface area contributed by atoms with Gasteiger partial charge in [-0.3, -0.25) is 9.59 Å². The maximum Gasteiger partial charge on any atom is 0.307 e. The molecular weight excluding hydrogens is 340 g/mol. The number of unbranched alkanes of at least 4 members (excludes halogenated alkanes) is 13. The number of carbonyl (C=O) groups is 2. The van der Waals surface area contributed by atoms with E-state index in [1.165, 1.54) is 83.5 Å². The van der Waals surface area contributed by atoms with E-state index < -0.39 is 17.9 Å². The summed E-state index contributed by atoms with van der Waals surface area (Å²) >= 11 is 0. The van der Waals surface area contributed by atoms with Gasteiger partial charge >= 0.3 is 11.9 Å². The SMILES string of the molecule is CCCCCCCCCCCCCCCCC(C)CC(CC(=O)O)C(=O)O. The predicted octanol–water partition coefficient (Wildman–Crippen LogP) is 7.06. The molecule has 0 heterocycles. The topological polar surface area (TPSA) is 74.6 Å². The van der Waals surface area contributed by atoms with Crippen molar-refractivity contribution in [2.75, 3.05) is 0 Å². The van der Waals surface area contributed by atoms with Gasteiger partial charge in [0.25, 0.3) is 0 Å². The molecule has 2 atom stereocenters. The molecule has 27 heavy (non-hydrogen) atoms. The van der Waals surface area contributed by atoms with Crippen LogP contribution in [0.25, 0.3) is 0 Å². The predicted molar refractivity (Wildman–Crippen MR) is 112 cm³/mol. The van der Waals surface area contributed by atoms with Crippen LogP contribution in [-0.4, -0.2) is 22.2 Å². The number of hydrogen-bond acceptors (Lipinski definition) is 2. The summed E-state index contributed by atoms with van der Waals surface area (Å²) in [7, 11) is 0. The molecule has 0 radical (unpaired) electrons. The highest BCUT2D eigenvalue weighted by molar-refractivity contribution is 5.77. The van der Waals surface area contributed by atoms with Crippen molar-refractivity contribution in [1.82, 2.24) is 0 Å². The number of carboxylic acid groups (broad SMARTS) is 2. The average molecular weight is 385 g/mol. The molecular formula is C23H44O4. The normalized spacial score (nSPS) is 13.4. The quantitative estimate of drug-likeness (QED) is 0.220. The second-order valence-electron chi connectivity index (χ2n) is 8.36. The third kappa shape index (κ3) is 18.1. The van der Waals surface area contributed by atoms with Crippen LogP contribution < -0.4 is 0 Å².